The van der Waals surface area contributed by atoms with Gasteiger partial charge in [0.1, 0.15) is 0 Å². The molecule has 0 spiro atoms. The van der Waals surface area contributed by atoms with E-state index in [-0.39, 0.29) is 11.9 Å². The molecule has 0 bridgehead atoms. The van der Waals surface area contributed by atoms with Crippen LogP contribution in [0, 0.1) is 11.8 Å². The van der Waals surface area contributed by atoms with E-state index in [0.29, 0.717) is 12.0 Å². The highest BCUT2D eigenvalue weighted by atomic mass is 16.2. The van der Waals surface area contributed by atoms with Crippen LogP contribution in [-0.2, 0) is 4.79 Å². The van der Waals surface area contributed by atoms with Gasteiger partial charge in [0.25, 0.3) is 0 Å². The highest BCUT2D eigenvalue weighted by molar-refractivity contribution is 5.81. The average molecular weight is 240 g/mol. The van der Waals surface area contributed by atoms with Crippen molar-refractivity contribution in [2.45, 2.75) is 65.5 Å². The van der Waals surface area contributed by atoms with Crippen LogP contribution in [0.5, 0.6) is 0 Å². The van der Waals surface area contributed by atoms with E-state index >= 15 is 0 Å². The quantitative estimate of drug-likeness (QED) is 0.683. The molecule has 2 N–H and O–H groups in total. The molecule has 1 fully saturated rings. The van der Waals surface area contributed by atoms with Crippen molar-refractivity contribution in [3.63, 3.8) is 0 Å². The molecular formula is C14H28N2O. The molecule has 2 unspecified atom stereocenters. The van der Waals surface area contributed by atoms with E-state index in [1.807, 2.05) is 6.92 Å². The fourth-order valence-corrected chi connectivity index (χ4v) is 2.00. The third-order valence-electron chi connectivity index (χ3n) is 3.37. The summed E-state index contributed by atoms with van der Waals surface area (Å²) in [7, 11) is 0. The molecule has 1 amide bonds. The summed E-state index contributed by atoms with van der Waals surface area (Å²) in [6.45, 7) is 9.15. The predicted octanol–water partition coefficient (Wildman–Crippen LogP) is 2.32. The van der Waals surface area contributed by atoms with Crippen LogP contribution < -0.4 is 10.6 Å². The van der Waals surface area contributed by atoms with Crippen LogP contribution in [0.1, 0.15) is 53.4 Å². The third kappa shape index (κ3) is 6.06. The first-order chi connectivity index (χ1) is 8.02. The van der Waals surface area contributed by atoms with Crippen molar-refractivity contribution < 1.29 is 4.79 Å². The first kappa shape index (κ1) is 14.5. The van der Waals surface area contributed by atoms with Crippen molar-refractivity contribution in [2.75, 3.05) is 6.54 Å². The first-order valence-corrected chi connectivity index (χ1v) is 7.06. The first-order valence-electron chi connectivity index (χ1n) is 7.06. The van der Waals surface area contributed by atoms with Crippen LogP contribution in [0.15, 0.2) is 0 Å². The van der Waals surface area contributed by atoms with Crippen LogP contribution in [0.4, 0.5) is 0 Å². The maximum Gasteiger partial charge on any atom is 0.236 e. The van der Waals surface area contributed by atoms with Gasteiger partial charge in [-0.1, -0.05) is 33.6 Å². The molecule has 0 aromatic heterocycles. The minimum Gasteiger partial charge on any atom is -0.354 e. The van der Waals surface area contributed by atoms with Crippen LogP contribution in [0.25, 0.3) is 0 Å². The van der Waals surface area contributed by atoms with Gasteiger partial charge >= 0.3 is 0 Å². The normalized spacial score (nSPS) is 19.1. The van der Waals surface area contributed by atoms with Crippen LogP contribution >= 0.6 is 0 Å². The van der Waals surface area contributed by atoms with Crippen LogP contribution in [-0.4, -0.2) is 24.5 Å². The van der Waals surface area contributed by atoms with E-state index in [0.717, 1.165) is 18.9 Å². The molecule has 100 valence electrons. The number of rotatable bonds is 8. The van der Waals surface area contributed by atoms with Crippen molar-refractivity contribution in [2.24, 2.45) is 11.8 Å². The molecule has 2 atom stereocenters. The summed E-state index contributed by atoms with van der Waals surface area (Å²) in [4.78, 5) is 11.8. The van der Waals surface area contributed by atoms with Gasteiger partial charge in [0.2, 0.25) is 5.91 Å². The highest BCUT2D eigenvalue weighted by Crippen LogP contribution is 2.34. The van der Waals surface area contributed by atoms with Gasteiger partial charge in [0.15, 0.2) is 0 Å². The lowest BCUT2D eigenvalue weighted by Crippen LogP contribution is -2.47. The average Bonchev–Trinajstić information content (AvgIpc) is 3.08. The van der Waals surface area contributed by atoms with Gasteiger partial charge < -0.3 is 10.6 Å². The Hall–Kier alpha value is -0.570. The minimum atomic E-state index is -0.0718. The molecule has 3 nitrogen and oxygen atoms in total. The molecule has 17 heavy (non-hydrogen) atoms. The summed E-state index contributed by atoms with van der Waals surface area (Å²) in [5, 5.41) is 6.43. The zero-order chi connectivity index (χ0) is 12.8. The molecule has 0 heterocycles. The Kier molecular flexibility index (Phi) is 5.96. The number of amides is 1. The standard InChI is InChI=1S/C14H28N2O/c1-5-13(8-12-6-7-12)16-11(4)14(17)15-9-10(2)3/h10-13,16H,5-9H2,1-4H3,(H,15,17). The Bertz CT molecular complexity index is 236. The Balaban J connectivity index is 2.24. The van der Waals surface area contributed by atoms with E-state index in [9.17, 15) is 4.79 Å². The summed E-state index contributed by atoms with van der Waals surface area (Å²) in [6.07, 6.45) is 5.11. The smallest absolute Gasteiger partial charge is 0.236 e. The predicted molar refractivity (Wildman–Crippen MR) is 71.9 cm³/mol. The number of carbonyl (C=O) groups is 1. The summed E-state index contributed by atoms with van der Waals surface area (Å²) in [5.74, 6) is 1.56. The zero-order valence-electron chi connectivity index (χ0n) is 11.8. The molecule has 1 saturated carbocycles. The molecule has 0 aromatic rings. The zero-order valence-corrected chi connectivity index (χ0v) is 11.8. The van der Waals surface area contributed by atoms with Crippen molar-refractivity contribution in [3.8, 4) is 0 Å². The van der Waals surface area contributed by atoms with E-state index in [1.165, 1.54) is 19.3 Å². The minimum absolute atomic E-state index is 0.0718. The molecular weight excluding hydrogens is 212 g/mol. The van der Waals surface area contributed by atoms with Crippen LogP contribution in [0.2, 0.25) is 0 Å². The Morgan fingerprint density at radius 1 is 1.29 bits per heavy atom. The Morgan fingerprint density at radius 3 is 2.41 bits per heavy atom. The summed E-state index contributed by atoms with van der Waals surface area (Å²) < 4.78 is 0. The third-order valence-corrected chi connectivity index (χ3v) is 3.37. The topological polar surface area (TPSA) is 41.1 Å². The molecule has 0 aromatic carbocycles. The van der Waals surface area contributed by atoms with E-state index in [1.54, 1.807) is 0 Å². The maximum atomic E-state index is 11.8. The molecule has 0 saturated heterocycles. The van der Waals surface area contributed by atoms with Gasteiger partial charge in [0.05, 0.1) is 6.04 Å². The van der Waals surface area contributed by atoms with Crippen molar-refractivity contribution in [1.29, 1.82) is 0 Å². The lowest BCUT2D eigenvalue weighted by molar-refractivity contribution is -0.123. The van der Waals surface area contributed by atoms with Gasteiger partial charge in [-0.25, -0.2) is 0 Å². The van der Waals surface area contributed by atoms with E-state index in [2.05, 4.69) is 31.4 Å². The molecule has 0 radical (unpaired) electrons. The summed E-state index contributed by atoms with van der Waals surface area (Å²) in [5.41, 5.74) is 0. The van der Waals surface area contributed by atoms with Crippen molar-refractivity contribution in [3.05, 3.63) is 0 Å². The van der Waals surface area contributed by atoms with Gasteiger partial charge in [-0.2, -0.15) is 0 Å². The van der Waals surface area contributed by atoms with Crippen molar-refractivity contribution in [1.82, 2.24) is 10.6 Å². The lowest BCUT2D eigenvalue weighted by atomic mass is 10.1. The van der Waals surface area contributed by atoms with Gasteiger partial charge in [-0.05, 0) is 31.6 Å². The second-order valence-corrected chi connectivity index (χ2v) is 5.81. The number of hydrogen-bond acceptors (Lipinski definition) is 2. The second kappa shape index (κ2) is 7.00. The SMILES string of the molecule is CCC(CC1CC1)NC(C)C(=O)NCC(C)C. The molecule has 1 rings (SSSR count). The van der Waals surface area contributed by atoms with Gasteiger partial charge in [-0.3, -0.25) is 4.79 Å². The second-order valence-electron chi connectivity index (χ2n) is 5.81. The summed E-state index contributed by atoms with van der Waals surface area (Å²) >= 11 is 0. The molecule has 1 aliphatic carbocycles. The molecule has 1 aliphatic rings. The molecule has 3 heteroatoms. The van der Waals surface area contributed by atoms with Gasteiger partial charge in [0, 0.05) is 12.6 Å². The highest BCUT2D eigenvalue weighted by Gasteiger charge is 2.26. The number of hydrogen-bond donors (Lipinski definition) is 2. The largest absolute Gasteiger partial charge is 0.354 e. The lowest BCUT2D eigenvalue weighted by Gasteiger charge is -2.22. The monoisotopic (exact) mass is 240 g/mol. The fourth-order valence-electron chi connectivity index (χ4n) is 2.00. The van der Waals surface area contributed by atoms with E-state index in [4.69, 9.17) is 0 Å². The maximum absolute atomic E-state index is 11.8. The Morgan fingerprint density at radius 2 is 1.94 bits per heavy atom. The fraction of sp³-hybridized carbons (Fsp3) is 0.929. The van der Waals surface area contributed by atoms with Crippen LogP contribution in [0.3, 0.4) is 0 Å². The number of carbonyl (C=O) groups excluding carboxylic acids is 1. The molecule has 0 aliphatic heterocycles. The Labute approximate surface area is 106 Å². The summed E-state index contributed by atoms with van der Waals surface area (Å²) in [6, 6.07) is 0.430. The number of nitrogens with one attached hydrogen (secondary N) is 2. The van der Waals surface area contributed by atoms with Gasteiger partial charge in [-0.15, -0.1) is 0 Å². The van der Waals surface area contributed by atoms with Crippen molar-refractivity contribution >= 4 is 5.91 Å². The van der Waals surface area contributed by atoms with E-state index < -0.39 is 0 Å².